The zero-order valence-corrected chi connectivity index (χ0v) is 10.7. The Kier molecular flexibility index (Phi) is 3.81. The Hall–Kier alpha value is -1.10. The summed E-state index contributed by atoms with van der Waals surface area (Å²) in [7, 11) is 0. The van der Waals surface area contributed by atoms with Crippen LogP contribution in [-0.2, 0) is 14.3 Å². The largest absolute Gasteiger partial charge is 0.480 e. The van der Waals surface area contributed by atoms with Gasteiger partial charge in [-0.15, -0.1) is 0 Å². The van der Waals surface area contributed by atoms with Crippen molar-refractivity contribution >= 4 is 11.9 Å². The number of carbonyl (C=O) groups excluding carboxylic acids is 1. The molecule has 0 spiro atoms. The van der Waals surface area contributed by atoms with E-state index in [-0.39, 0.29) is 6.42 Å². The van der Waals surface area contributed by atoms with Gasteiger partial charge < -0.3 is 15.6 Å². The van der Waals surface area contributed by atoms with Crippen LogP contribution in [0.4, 0.5) is 0 Å². The maximum Gasteiger partial charge on any atom is 0.325 e. The molecule has 0 aromatic rings. The number of carboxylic acid groups (broad SMARTS) is 1. The summed E-state index contributed by atoms with van der Waals surface area (Å²) in [5.41, 5.74) is 3.59. The highest BCUT2D eigenvalue weighted by molar-refractivity contribution is 6.00. The van der Waals surface area contributed by atoms with Crippen molar-refractivity contribution in [1.29, 1.82) is 0 Å². The van der Waals surface area contributed by atoms with Gasteiger partial charge in [0, 0.05) is 6.04 Å². The lowest BCUT2D eigenvalue weighted by atomic mass is 9.70. The van der Waals surface area contributed by atoms with Crippen molar-refractivity contribution in [3.63, 3.8) is 0 Å². The SMILES string of the molecule is CC(C)(C)OC(=O)[C@]1(C(=O)O)CCCC[C@@H]1N. The van der Waals surface area contributed by atoms with Gasteiger partial charge in [-0.1, -0.05) is 12.8 Å². The summed E-state index contributed by atoms with van der Waals surface area (Å²) in [5, 5.41) is 9.35. The van der Waals surface area contributed by atoms with E-state index >= 15 is 0 Å². The van der Waals surface area contributed by atoms with Crippen molar-refractivity contribution in [2.24, 2.45) is 11.1 Å². The lowest BCUT2D eigenvalue weighted by molar-refractivity contribution is -0.180. The van der Waals surface area contributed by atoms with E-state index in [2.05, 4.69) is 0 Å². The van der Waals surface area contributed by atoms with E-state index in [1.165, 1.54) is 0 Å². The third-order valence-electron chi connectivity index (χ3n) is 3.11. The molecule has 1 saturated carbocycles. The minimum Gasteiger partial charge on any atom is -0.480 e. The molecule has 0 aromatic heterocycles. The van der Waals surface area contributed by atoms with Crippen LogP contribution in [0, 0.1) is 5.41 Å². The van der Waals surface area contributed by atoms with E-state index in [0.29, 0.717) is 12.8 Å². The number of carboxylic acids is 1. The van der Waals surface area contributed by atoms with E-state index in [0.717, 1.165) is 6.42 Å². The Bertz CT molecular complexity index is 321. The van der Waals surface area contributed by atoms with Gasteiger partial charge in [-0.05, 0) is 33.6 Å². The number of rotatable bonds is 2. The molecule has 0 unspecified atom stereocenters. The van der Waals surface area contributed by atoms with Gasteiger partial charge in [0.2, 0.25) is 0 Å². The Morgan fingerprint density at radius 2 is 1.94 bits per heavy atom. The van der Waals surface area contributed by atoms with Crippen LogP contribution in [0.5, 0.6) is 0 Å². The van der Waals surface area contributed by atoms with Crippen LogP contribution in [0.2, 0.25) is 0 Å². The first kappa shape index (κ1) is 14.0. The molecular weight excluding hydrogens is 222 g/mol. The zero-order valence-electron chi connectivity index (χ0n) is 10.7. The zero-order chi connectivity index (χ0) is 13.3. The topological polar surface area (TPSA) is 89.6 Å². The fourth-order valence-electron chi connectivity index (χ4n) is 2.18. The maximum atomic E-state index is 12.1. The Balaban J connectivity index is 2.99. The highest BCUT2D eigenvalue weighted by Crippen LogP contribution is 2.38. The summed E-state index contributed by atoms with van der Waals surface area (Å²) in [6.45, 7) is 5.15. The molecule has 1 aliphatic rings. The minimum atomic E-state index is -1.56. The molecule has 0 aromatic carbocycles. The normalized spacial score (nSPS) is 29.8. The van der Waals surface area contributed by atoms with Crippen LogP contribution in [0.25, 0.3) is 0 Å². The fourth-order valence-corrected chi connectivity index (χ4v) is 2.18. The van der Waals surface area contributed by atoms with E-state index in [1.807, 2.05) is 0 Å². The molecular formula is C12H21NO4. The highest BCUT2D eigenvalue weighted by atomic mass is 16.6. The second kappa shape index (κ2) is 4.64. The molecule has 0 bridgehead atoms. The average molecular weight is 243 g/mol. The van der Waals surface area contributed by atoms with Gasteiger partial charge in [0.15, 0.2) is 5.41 Å². The second-order valence-electron chi connectivity index (χ2n) is 5.63. The third kappa shape index (κ3) is 2.77. The van der Waals surface area contributed by atoms with Gasteiger partial charge in [-0.2, -0.15) is 0 Å². The van der Waals surface area contributed by atoms with Crippen molar-refractivity contribution in [3.8, 4) is 0 Å². The molecule has 17 heavy (non-hydrogen) atoms. The van der Waals surface area contributed by atoms with E-state index in [9.17, 15) is 14.7 Å². The number of carbonyl (C=O) groups is 2. The third-order valence-corrected chi connectivity index (χ3v) is 3.11. The lowest BCUT2D eigenvalue weighted by Gasteiger charge is -2.38. The van der Waals surface area contributed by atoms with Crippen LogP contribution in [0.15, 0.2) is 0 Å². The van der Waals surface area contributed by atoms with Crippen LogP contribution >= 0.6 is 0 Å². The number of nitrogens with two attached hydrogens (primary N) is 1. The van der Waals surface area contributed by atoms with Gasteiger partial charge in [0.05, 0.1) is 0 Å². The molecule has 2 atom stereocenters. The Morgan fingerprint density at radius 1 is 1.35 bits per heavy atom. The number of esters is 1. The van der Waals surface area contributed by atoms with Crippen LogP contribution in [-0.4, -0.2) is 28.7 Å². The second-order valence-corrected chi connectivity index (χ2v) is 5.63. The predicted octanol–water partition coefficient (Wildman–Crippen LogP) is 1.30. The molecule has 5 heteroatoms. The van der Waals surface area contributed by atoms with Crippen LogP contribution < -0.4 is 5.73 Å². The molecule has 1 aliphatic carbocycles. The Labute approximate surface area is 101 Å². The summed E-state index contributed by atoms with van der Waals surface area (Å²) in [5.74, 6) is -1.87. The smallest absolute Gasteiger partial charge is 0.325 e. The molecule has 0 heterocycles. The number of hydrogen-bond acceptors (Lipinski definition) is 4. The average Bonchev–Trinajstić information content (AvgIpc) is 2.15. The molecule has 98 valence electrons. The van der Waals surface area contributed by atoms with Gasteiger partial charge in [0.1, 0.15) is 5.60 Å². The molecule has 5 nitrogen and oxygen atoms in total. The summed E-state index contributed by atoms with van der Waals surface area (Å²) < 4.78 is 5.21. The van der Waals surface area contributed by atoms with Gasteiger partial charge >= 0.3 is 11.9 Å². The monoisotopic (exact) mass is 243 g/mol. The molecule has 0 radical (unpaired) electrons. The Morgan fingerprint density at radius 3 is 2.35 bits per heavy atom. The molecule has 1 rings (SSSR count). The number of hydrogen-bond donors (Lipinski definition) is 2. The first-order chi connectivity index (χ1) is 7.70. The van der Waals surface area contributed by atoms with Crippen molar-refractivity contribution < 1.29 is 19.4 Å². The first-order valence-electron chi connectivity index (χ1n) is 5.92. The summed E-state index contributed by atoms with van der Waals surface area (Å²) >= 11 is 0. The van der Waals surface area contributed by atoms with Crippen molar-refractivity contribution in [2.45, 2.75) is 58.1 Å². The number of ether oxygens (including phenoxy) is 1. The predicted molar refractivity (Wildman–Crippen MR) is 62.4 cm³/mol. The number of aliphatic carboxylic acids is 1. The summed E-state index contributed by atoms with van der Waals surface area (Å²) in [6, 6.07) is -0.663. The van der Waals surface area contributed by atoms with Gasteiger partial charge in [0.25, 0.3) is 0 Å². The molecule has 0 amide bonds. The highest BCUT2D eigenvalue weighted by Gasteiger charge is 2.54. The van der Waals surface area contributed by atoms with Crippen LogP contribution in [0.1, 0.15) is 46.5 Å². The van der Waals surface area contributed by atoms with Crippen molar-refractivity contribution in [3.05, 3.63) is 0 Å². The summed E-state index contributed by atoms with van der Waals surface area (Å²) in [4.78, 5) is 23.5. The summed E-state index contributed by atoms with van der Waals surface area (Å²) in [6.07, 6.45) is 2.36. The first-order valence-corrected chi connectivity index (χ1v) is 5.92. The molecule has 0 saturated heterocycles. The van der Waals surface area contributed by atoms with E-state index in [4.69, 9.17) is 10.5 Å². The molecule has 0 aliphatic heterocycles. The van der Waals surface area contributed by atoms with E-state index in [1.54, 1.807) is 20.8 Å². The fraction of sp³-hybridized carbons (Fsp3) is 0.833. The quantitative estimate of drug-likeness (QED) is 0.563. The van der Waals surface area contributed by atoms with Crippen molar-refractivity contribution in [1.82, 2.24) is 0 Å². The standard InChI is InChI=1S/C12H21NO4/c1-11(2,3)17-10(16)12(9(14)15)7-5-4-6-8(12)13/h8H,4-7,13H2,1-3H3,(H,14,15)/t8-,12+/m0/s1. The van der Waals surface area contributed by atoms with Crippen LogP contribution in [0.3, 0.4) is 0 Å². The van der Waals surface area contributed by atoms with E-state index < -0.39 is 29.0 Å². The molecule has 3 N–H and O–H groups in total. The van der Waals surface area contributed by atoms with Gasteiger partial charge in [-0.25, -0.2) is 0 Å². The molecule has 1 fully saturated rings. The maximum absolute atomic E-state index is 12.1. The lowest BCUT2D eigenvalue weighted by Crippen LogP contribution is -2.56. The van der Waals surface area contributed by atoms with Gasteiger partial charge in [-0.3, -0.25) is 9.59 Å². The minimum absolute atomic E-state index is 0.262. The van der Waals surface area contributed by atoms with Crippen molar-refractivity contribution in [2.75, 3.05) is 0 Å².